The van der Waals surface area contributed by atoms with Crippen molar-refractivity contribution < 1.29 is 24.5 Å². The third kappa shape index (κ3) is 8.75. The number of carbonyl (C=O) groups is 2. The fraction of sp³-hybridized carbons (Fsp3) is 0.333. The van der Waals surface area contributed by atoms with E-state index in [1.54, 1.807) is 12.1 Å². The highest BCUT2D eigenvalue weighted by Gasteiger charge is 2.07. The molecular formula is C24H28O5. The number of aliphatic hydroxyl groups is 1. The summed E-state index contributed by atoms with van der Waals surface area (Å²) in [7, 11) is 0. The van der Waals surface area contributed by atoms with E-state index in [1.807, 2.05) is 36.4 Å². The van der Waals surface area contributed by atoms with Crippen LogP contribution in [-0.4, -0.2) is 35.2 Å². The summed E-state index contributed by atoms with van der Waals surface area (Å²) in [4.78, 5) is 22.9. The predicted molar refractivity (Wildman–Crippen MR) is 113 cm³/mol. The Morgan fingerprint density at radius 2 is 1.59 bits per heavy atom. The molecule has 2 N–H and O–H groups in total. The lowest BCUT2D eigenvalue weighted by Crippen LogP contribution is -2.02. The number of aliphatic carboxylic acids is 1. The Hall–Kier alpha value is -2.92. The van der Waals surface area contributed by atoms with Gasteiger partial charge in [-0.2, -0.15) is 0 Å². The third-order valence-corrected chi connectivity index (χ3v) is 4.54. The number of unbranched alkanes of at least 4 members (excludes halogenated alkanes) is 3. The topological polar surface area (TPSA) is 83.8 Å². The number of hydrogen-bond acceptors (Lipinski definition) is 4. The zero-order valence-corrected chi connectivity index (χ0v) is 16.5. The molecule has 0 spiro atoms. The number of carboxylic acid groups (broad SMARTS) is 1. The standard InChI is InChI=1S/C24H28O5/c25-17-3-1-2-4-18-29-22-13-11-21(12-14-22)23(26)15-9-19-5-7-20(8-6-19)10-16-24(27)28/h5-8,10-14,16,25H,1-4,9,15,17-18H2,(H,27,28)/b16-10+. The number of carboxylic acids is 1. The van der Waals surface area contributed by atoms with E-state index in [9.17, 15) is 9.59 Å². The van der Waals surface area contributed by atoms with Gasteiger partial charge >= 0.3 is 5.97 Å². The maximum Gasteiger partial charge on any atom is 0.328 e. The third-order valence-electron chi connectivity index (χ3n) is 4.54. The molecule has 2 aromatic carbocycles. The van der Waals surface area contributed by atoms with Crippen molar-refractivity contribution in [3.63, 3.8) is 0 Å². The number of carbonyl (C=O) groups excluding carboxylic acids is 1. The average Bonchev–Trinajstić information content (AvgIpc) is 2.74. The maximum atomic E-state index is 12.4. The highest BCUT2D eigenvalue weighted by atomic mass is 16.5. The number of aryl methyl sites for hydroxylation is 1. The molecule has 2 aromatic rings. The summed E-state index contributed by atoms with van der Waals surface area (Å²) in [5.74, 6) is -0.141. The summed E-state index contributed by atoms with van der Waals surface area (Å²) in [6.45, 7) is 0.877. The van der Waals surface area contributed by atoms with E-state index in [4.69, 9.17) is 14.9 Å². The minimum Gasteiger partial charge on any atom is -0.494 e. The van der Waals surface area contributed by atoms with Crippen LogP contribution in [0.25, 0.3) is 6.08 Å². The smallest absolute Gasteiger partial charge is 0.328 e. The van der Waals surface area contributed by atoms with Crippen LogP contribution >= 0.6 is 0 Å². The van der Waals surface area contributed by atoms with Gasteiger partial charge in [0.05, 0.1) is 6.61 Å². The average molecular weight is 396 g/mol. The summed E-state index contributed by atoms with van der Waals surface area (Å²) in [5.41, 5.74) is 2.51. The van der Waals surface area contributed by atoms with Gasteiger partial charge in [0.15, 0.2) is 5.78 Å². The predicted octanol–water partition coefficient (Wildman–Crippen LogP) is 4.53. The van der Waals surface area contributed by atoms with Crippen LogP contribution in [0.3, 0.4) is 0 Å². The molecule has 154 valence electrons. The van der Waals surface area contributed by atoms with E-state index >= 15 is 0 Å². The summed E-state index contributed by atoms with van der Waals surface area (Å²) >= 11 is 0. The first-order valence-corrected chi connectivity index (χ1v) is 9.95. The van der Waals surface area contributed by atoms with Crippen LogP contribution in [0.5, 0.6) is 5.75 Å². The lowest BCUT2D eigenvalue weighted by molar-refractivity contribution is -0.131. The highest BCUT2D eigenvalue weighted by molar-refractivity contribution is 5.96. The number of aliphatic hydroxyl groups excluding tert-OH is 1. The first-order chi connectivity index (χ1) is 14.1. The molecule has 29 heavy (non-hydrogen) atoms. The molecule has 0 aliphatic carbocycles. The normalized spacial score (nSPS) is 10.9. The largest absolute Gasteiger partial charge is 0.494 e. The van der Waals surface area contributed by atoms with Crippen molar-refractivity contribution in [3.8, 4) is 5.75 Å². The Balaban J connectivity index is 1.75. The lowest BCUT2D eigenvalue weighted by atomic mass is 10.0. The summed E-state index contributed by atoms with van der Waals surface area (Å²) in [5, 5.41) is 17.4. The number of hydrogen-bond donors (Lipinski definition) is 2. The van der Waals surface area contributed by atoms with Crippen molar-refractivity contribution in [1.29, 1.82) is 0 Å². The van der Waals surface area contributed by atoms with Crippen molar-refractivity contribution in [3.05, 3.63) is 71.3 Å². The summed E-state index contributed by atoms with van der Waals surface area (Å²) < 4.78 is 5.68. The van der Waals surface area contributed by atoms with Gasteiger partial charge in [-0.3, -0.25) is 4.79 Å². The molecule has 0 atom stereocenters. The monoisotopic (exact) mass is 396 g/mol. The van der Waals surface area contributed by atoms with E-state index in [-0.39, 0.29) is 12.4 Å². The molecule has 0 aliphatic heterocycles. The molecular weight excluding hydrogens is 368 g/mol. The van der Waals surface area contributed by atoms with Crippen molar-refractivity contribution in [1.82, 2.24) is 0 Å². The molecule has 0 radical (unpaired) electrons. The Bertz CT molecular complexity index is 791. The number of ketones is 1. The van der Waals surface area contributed by atoms with E-state index in [1.165, 1.54) is 6.08 Å². The summed E-state index contributed by atoms with van der Waals surface area (Å²) in [6.07, 6.45) is 7.51. The Kier molecular flexibility index (Phi) is 9.66. The molecule has 0 fully saturated rings. The molecule has 5 nitrogen and oxygen atoms in total. The SMILES string of the molecule is O=C(O)/C=C/c1ccc(CCC(=O)c2ccc(OCCCCCCO)cc2)cc1. The second kappa shape index (κ2) is 12.5. The lowest BCUT2D eigenvalue weighted by Gasteiger charge is -2.07. The van der Waals surface area contributed by atoms with Crippen molar-refractivity contribution >= 4 is 17.8 Å². The van der Waals surface area contributed by atoms with Crippen molar-refractivity contribution in [2.24, 2.45) is 0 Å². The molecule has 0 amide bonds. The second-order valence-electron chi connectivity index (χ2n) is 6.85. The first-order valence-electron chi connectivity index (χ1n) is 9.95. The minimum absolute atomic E-state index is 0.0791. The van der Waals surface area contributed by atoms with Crippen LogP contribution in [0.4, 0.5) is 0 Å². The molecule has 0 bridgehead atoms. The van der Waals surface area contributed by atoms with Crippen LogP contribution in [0.1, 0.15) is 53.6 Å². The maximum absolute atomic E-state index is 12.4. The van der Waals surface area contributed by atoms with Crippen LogP contribution in [-0.2, 0) is 11.2 Å². The van der Waals surface area contributed by atoms with Gasteiger partial charge in [-0.05, 0) is 67.2 Å². The molecule has 5 heteroatoms. The number of ether oxygens (including phenoxy) is 1. The van der Waals surface area contributed by atoms with E-state index < -0.39 is 5.97 Å². The van der Waals surface area contributed by atoms with Gasteiger partial charge in [0.25, 0.3) is 0 Å². The number of rotatable bonds is 13. The van der Waals surface area contributed by atoms with Gasteiger partial charge < -0.3 is 14.9 Å². The van der Waals surface area contributed by atoms with E-state index in [2.05, 4.69) is 0 Å². The zero-order chi connectivity index (χ0) is 20.9. The first kappa shape index (κ1) is 22.4. The Labute approximate surface area is 171 Å². The van der Waals surface area contributed by atoms with Gasteiger partial charge in [0.1, 0.15) is 5.75 Å². The van der Waals surface area contributed by atoms with Crippen molar-refractivity contribution in [2.45, 2.75) is 38.5 Å². The van der Waals surface area contributed by atoms with Gasteiger partial charge in [-0.1, -0.05) is 30.7 Å². The van der Waals surface area contributed by atoms with Crippen LogP contribution in [0.2, 0.25) is 0 Å². The molecule has 0 aliphatic rings. The molecule has 0 unspecified atom stereocenters. The van der Waals surface area contributed by atoms with E-state index in [0.717, 1.165) is 48.6 Å². The molecule has 0 heterocycles. The van der Waals surface area contributed by atoms with Gasteiger partial charge in [-0.15, -0.1) is 0 Å². The quantitative estimate of drug-likeness (QED) is 0.295. The molecule has 0 aromatic heterocycles. The molecule has 2 rings (SSSR count). The second-order valence-corrected chi connectivity index (χ2v) is 6.85. The minimum atomic E-state index is -0.978. The Morgan fingerprint density at radius 1 is 0.897 bits per heavy atom. The number of benzene rings is 2. The van der Waals surface area contributed by atoms with Crippen LogP contribution < -0.4 is 4.74 Å². The fourth-order valence-electron chi connectivity index (χ4n) is 2.86. The number of Topliss-reactive ketones (excluding diaryl/α,β-unsaturated/α-hetero) is 1. The van der Waals surface area contributed by atoms with Crippen molar-refractivity contribution in [2.75, 3.05) is 13.2 Å². The zero-order valence-electron chi connectivity index (χ0n) is 16.5. The summed E-state index contributed by atoms with van der Waals surface area (Å²) in [6, 6.07) is 14.7. The van der Waals surface area contributed by atoms with Crippen LogP contribution in [0.15, 0.2) is 54.6 Å². The van der Waals surface area contributed by atoms with Gasteiger partial charge in [0.2, 0.25) is 0 Å². The Morgan fingerprint density at radius 3 is 2.24 bits per heavy atom. The van der Waals surface area contributed by atoms with E-state index in [0.29, 0.717) is 25.0 Å². The van der Waals surface area contributed by atoms with Gasteiger partial charge in [-0.25, -0.2) is 4.79 Å². The van der Waals surface area contributed by atoms with Gasteiger partial charge in [0, 0.05) is 24.7 Å². The van der Waals surface area contributed by atoms with Crippen LogP contribution in [0, 0.1) is 0 Å². The highest BCUT2D eigenvalue weighted by Crippen LogP contribution is 2.16. The fourth-order valence-corrected chi connectivity index (χ4v) is 2.86. The molecule has 0 saturated heterocycles. The molecule has 0 saturated carbocycles.